The molecule has 0 spiro atoms. The summed E-state index contributed by atoms with van der Waals surface area (Å²) < 4.78 is 0.944. The Kier molecular flexibility index (Phi) is 3.12. The van der Waals surface area contributed by atoms with E-state index in [1.807, 2.05) is 13.0 Å². The summed E-state index contributed by atoms with van der Waals surface area (Å²) in [6.45, 7) is 1.99. The van der Waals surface area contributed by atoms with Crippen molar-refractivity contribution in [2.75, 3.05) is 0 Å². The number of nitrogens with two attached hydrogens (primary N) is 1. The zero-order valence-corrected chi connectivity index (χ0v) is 8.51. The summed E-state index contributed by atoms with van der Waals surface area (Å²) in [5.41, 5.74) is 6.58. The predicted molar refractivity (Wildman–Crippen MR) is 53.0 cm³/mol. The van der Waals surface area contributed by atoms with E-state index in [2.05, 4.69) is 15.9 Å². The molecule has 1 aromatic rings. The lowest BCUT2D eigenvalue weighted by molar-refractivity contribution is 0.460. The lowest BCUT2D eigenvalue weighted by Gasteiger charge is -2.11. The Morgan fingerprint density at radius 3 is 2.83 bits per heavy atom. The SMILES string of the molecule is CCC(N)c1cc(Br)ccc1O. The van der Waals surface area contributed by atoms with Crippen LogP contribution in [0.5, 0.6) is 5.75 Å². The molecule has 0 aromatic heterocycles. The second kappa shape index (κ2) is 3.92. The van der Waals surface area contributed by atoms with Crippen molar-refractivity contribution < 1.29 is 5.11 Å². The van der Waals surface area contributed by atoms with Crippen LogP contribution in [0.15, 0.2) is 22.7 Å². The van der Waals surface area contributed by atoms with Crippen molar-refractivity contribution in [3.63, 3.8) is 0 Å². The standard InChI is InChI=1S/C9H12BrNO/c1-2-8(11)7-5-6(10)3-4-9(7)12/h3-5,8,12H,2,11H2,1H3. The van der Waals surface area contributed by atoms with Gasteiger partial charge < -0.3 is 10.8 Å². The minimum absolute atomic E-state index is 0.0810. The molecule has 0 bridgehead atoms. The van der Waals surface area contributed by atoms with Gasteiger partial charge in [0.15, 0.2) is 0 Å². The molecule has 1 unspecified atom stereocenters. The largest absolute Gasteiger partial charge is 0.508 e. The summed E-state index contributed by atoms with van der Waals surface area (Å²) >= 11 is 3.33. The second-order valence-corrected chi connectivity index (χ2v) is 3.63. The number of hydrogen-bond acceptors (Lipinski definition) is 2. The van der Waals surface area contributed by atoms with E-state index in [-0.39, 0.29) is 11.8 Å². The highest BCUT2D eigenvalue weighted by atomic mass is 79.9. The van der Waals surface area contributed by atoms with E-state index in [0.29, 0.717) is 0 Å². The molecule has 0 radical (unpaired) electrons. The monoisotopic (exact) mass is 229 g/mol. The molecule has 0 heterocycles. The van der Waals surface area contributed by atoms with E-state index in [4.69, 9.17) is 5.73 Å². The maximum atomic E-state index is 9.44. The number of aromatic hydroxyl groups is 1. The smallest absolute Gasteiger partial charge is 0.120 e. The minimum atomic E-state index is -0.0810. The maximum absolute atomic E-state index is 9.44. The number of halogens is 1. The fraction of sp³-hybridized carbons (Fsp3) is 0.333. The second-order valence-electron chi connectivity index (χ2n) is 2.72. The molecular formula is C9H12BrNO. The Morgan fingerprint density at radius 1 is 1.58 bits per heavy atom. The molecule has 0 saturated carbocycles. The third-order valence-corrected chi connectivity index (χ3v) is 2.32. The van der Waals surface area contributed by atoms with Crippen LogP contribution in [0, 0.1) is 0 Å². The van der Waals surface area contributed by atoms with Gasteiger partial charge in [0.25, 0.3) is 0 Å². The van der Waals surface area contributed by atoms with Gasteiger partial charge >= 0.3 is 0 Å². The van der Waals surface area contributed by atoms with Gasteiger partial charge in [-0.1, -0.05) is 22.9 Å². The normalized spacial score (nSPS) is 12.9. The third kappa shape index (κ3) is 1.99. The molecule has 0 amide bonds. The van der Waals surface area contributed by atoms with Gasteiger partial charge in [0.2, 0.25) is 0 Å². The van der Waals surface area contributed by atoms with Gasteiger partial charge in [-0.25, -0.2) is 0 Å². The third-order valence-electron chi connectivity index (χ3n) is 1.83. The van der Waals surface area contributed by atoms with E-state index >= 15 is 0 Å². The Labute approximate surface area is 80.5 Å². The van der Waals surface area contributed by atoms with E-state index in [1.54, 1.807) is 12.1 Å². The molecule has 1 atom stereocenters. The quantitative estimate of drug-likeness (QED) is 0.820. The first-order valence-electron chi connectivity index (χ1n) is 3.89. The summed E-state index contributed by atoms with van der Waals surface area (Å²) in [5, 5.41) is 9.44. The van der Waals surface area contributed by atoms with Crippen molar-refractivity contribution in [1.29, 1.82) is 0 Å². The average Bonchev–Trinajstić information content (AvgIpc) is 2.08. The average molecular weight is 230 g/mol. The highest BCUT2D eigenvalue weighted by Crippen LogP contribution is 2.27. The maximum Gasteiger partial charge on any atom is 0.120 e. The van der Waals surface area contributed by atoms with Gasteiger partial charge in [-0.3, -0.25) is 0 Å². The van der Waals surface area contributed by atoms with Crippen LogP contribution < -0.4 is 5.73 Å². The molecule has 3 N–H and O–H groups in total. The molecule has 0 saturated heterocycles. The van der Waals surface area contributed by atoms with Crippen LogP contribution in [-0.4, -0.2) is 5.11 Å². The van der Waals surface area contributed by atoms with Crippen molar-refractivity contribution in [1.82, 2.24) is 0 Å². The van der Waals surface area contributed by atoms with Gasteiger partial charge in [-0.2, -0.15) is 0 Å². The molecule has 0 fully saturated rings. The van der Waals surface area contributed by atoms with E-state index < -0.39 is 0 Å². The van der Waals surface area contributed by atoms with Crippen LogP contribution >= 0.6 is 15.9 Å². The molecule has 0 aliphatic heterocycles. The highest BCUT2D eigenvalue weighted by molar-refractivity contribution is 9.10. The number of hydrogen-bond donors (Lipinski definition) is 2. The van der Waals surface area contributed by atoms with Crippen LogP contribution in [-0.2, 0) is 0 Å². The molecular weight excluding hydrogens is 218 g/mol. The molecule has 12 heavy (non-hydrogen) atoms. The Balaban J connectivity index is 3.04. The van der Waals surface area contributed by atoms with Crippen molar-refractivity contribution in [3.05, 3.63) is 28.2 Å². The molecule has 3 heteroatoms. The number of benzene rings is 1. The van der Waals surface area contributed by atoms with Gasteiger partial charge in [0.05, 0.1) is 0 Å². The van der Waals surface area contributed by atoms with Crippen LogP contribution in [0.1, 0.15) is 24.9 Å². The fourth-order valence-electron chi connectivity index (χ4n) is 1.04. The van der Waals surface area contributed by atoms with Crippen LogP contribution in [0.4, 0.5) is 0 Å². The first-order valence-corrected chi connectivity index (χ1v) is 4.68. The first-order chi connectivity index (χ1) is 5.65. The topological polar surface area (TPSA) is 46.2 Å². The van der Waals surface area contributed by atoms with Gasteiger partial charge in [0, 0.05) is 16.1 Å². The zero-order chi connectivity index (χ0) is 9.14. The molecule has 0 aliphatic rings. The number of phenols is 1. The molecule has 1 aromatic carbocycles. The van der Waals surface area contributed by atoms with Crippen LogP contribution in [0.2, 0.25) is 0 Å². The predicted octanol–water partition coefficient (Wildman–Crippen LogP) is 2.56. The van der Waals surface area contributed by atoms with Crippen molar-refractivity contribution in [2.45, 2.75) is 19.4 Å². The lowest BCUT2D eigenvalue weighted by Crippen LogP contribution is -2.08. The van der Waals surface area contributed by atoms with E-state index in [1.165, 1.54) is 0 Å². The summed E-state index contributed by atoms with van der Waals surface area (Å²) in [6.07, 6.45) is 0.823. The molecule has 2 nitrogen and oxygen atoms in total. The molecule has 0 aliphatic carbocycles. The first kappa shape index (κ1) is 9.55. The van der Waals surface area contributed by atoms with Gasteiger partial charge in [0.1, 0.15) is 5.75 Å². The zero-order valence-electron chi connectivity index (χ0n) is 6.92. The Bertz CT molecular complexity index is 275. The van der Waals surface area contributed by atoms with Crippen molar-refractivity contribution >= 4 is 15.9 Å². The molecule has 66 valence electrons. The van der Waals surface area contributed by atoms with Gasteiger partial charge in [-0.05, 0) is 24.6 Å². The Hall–Kier alpha value is -0.540. The summed E-state index contributed by atoms with van der Waals surface area (Å²) in [4.78, 5) is 0. The summed E-state index contributed by atoms with van der Waals surface area (Å²) in [7, 11) is 0. The minimum Gasteiger partial charge on any atom is -0.508 e. The number of rotatable bonds is 2. The summed E-state index contributed by atoms with van der Waals surface area (Å²) in [5.74, 6) is 0.271. The van der Waals surface area contributed by atoms with E-state index in [9.17, 15) is 5.11 Å². The summed E-state index contributed by atoms with van der Waals surface area (Å²) in [6, 6.07) is 5.21. The van der Waals surface area contributed by atoms with Gasteiger partial charge in [-0.15, -0.1) is 0 Å². The lowest BCUT2D eigenvalue weighted by atomic mass is 10.0. The fourth-order valence-corrected chi connectivity index (χ4v) is 1.42. The number of phenolic OH excluding ortho intramolecular Hbond substituents is 1. The van der Waals surface area contributed by atoms with Crippen LogP contribution in [0.3, 0.4) is 0 Å². The van der Waals surface area contributed by atoms with Crippen molar-refractivity contribution in [2.24, 2.45) is 5.73 Å². The molecule has 1 rings (SSSR count). The van der Waals surface area contributed by atoms with Crippen molar-refractivity contribution in [3.8, 4) is 5.75 Å². The Morgan fingerprint density at radius 2 is 2.25 bits per heavy atom. The highest BCUT2D eigenvalue weighted by Gasteiger charge is 2.08. The van der Waals surface area contributed by atoms with Crippen LogP contribution in [0.25, 0.3) is 0 Å². The van der Waals surface area contributed by atoms with E-state index in [0.717, 1.165) is 16.5 Å².